The molecule has 126 valence electrons. The van der Waals surface area contributed by atoms with Crippen molar-refractivity contribution in [3.05, 3.63) is 94.6 Å². The number of hydrogen-bond donors (Lipinski definition) is 0. The van der Waals surface area contributed by atoms with Gasteiger partial charge in [0.25, 0.3) is 0 Å². The maximum atomic E-state index is 6.17. The van der Waals surface area contributed by atoms with E-state index in [1.54, 1.807) is 0 Å². The van der Waals surface area contributed by atoms with Crippen LogP contribution in [0.1, 0.15) is 16.7 Å². The van der Waals surface area contributed by atoms with Crippen LogP contribution < -0.4 is 0 Å². The van der Waals surface area contributed by atoms with Gasteiger partial charge in [0, 0.05) is 16.8 Å². The number of nitrogens with zero attached hydrogens (tertiary/aromatic N) is 2. The normalized spacial score (nSPS) is 11.6. The molecule has 2 nitrogen and oxygen atoms in total. The summed E-state index contributed by atoms with van der Waals surface area (Å²) in [6, 6.07) is 23.2. The third kappa shape index (κ3) is 2.38. The molecule has 0 saturated carbocycles. The second-order valence-electron chi connectivity index (χ2n) is 6.77. The van der Waals surface area contributed by atoms with Gasteiger partial charge in [-0.1, -0.05) is 53.6 Å². The third-order valence-corrected chi connectivity index (χ3v) is 5.23. The maximum absolute atomic E-state index is 6.17. The van der Waals surface area contributed by atoms with Crippen LogP contribution in [0.25, 0.3) is 27.5 Å². The van der Waals surface area contributed by atoms with Gasteiger partial charge in [-0.05, 0) is 48.4 Å². The predicted octanol–water partition coefficient (Wildman–Crippen LogP) is 6.19. The second kappa shape index (κ2) is 5.86. The monoisotopic (exact) mass is 356 g/mol. The highest BCUT2D eigenvalue weighted by atomic mass is 35.5. The van der Waals surface area contributed by atoms with Crippen molar-refractivity contribution >= 4 is 39.1 Å². The SMILES string of the molecule is Cc1ccc2c(c1)c(Cc1ccccc1)c1cnc3cc(Cl)ccc3n12. The van der Waals surface area contributed by atoms with Crippen LogP contribution >= 0.6 is 11.6 Å². The van der Waals surface area contributed by atoms with Gasteiger partial charge in [-0.15, -0.1) is 0 Å². The maximum Gasteiger partial charge on any atom is 0.0885 e. The Morgan fingerprint density at radius 1 is 0.885 bits per heavy atom. The first kappa shape index (κ1) is 15.4. The molecule has 0 fully saturated rings. The van der Waals surface area contributed by atoms with Crippen LogP contribution in [0, 0.1) is 6.92 Å². The Hall–Kier alpha value is -2.84. The summed E-state index contributed by atoms with van der Waals surface area (Å²) in [6.45, 7) is 2.14. The van der Waals surface area contributed by atoms with Gasteiger partial charge in [0.2, 0.25) is 0 Å². The fourth-order valence-corrected chi connectivity index (χ4v) is 3.96. The zero-order chi connectivity index (χ0) is 17.7. The van der Waals surface area contributed by atoms with Crippen LogP contribution in [0.3, 0.4) is 0 Å². The molecule has 0 aliphatic carbocycles. The van der Waals surface area contributed by atoms with Gasteiger partial charge in [0.05, 0.1) is 28.3 Å². The topological polar surface area (TPSA) is 17.3 Å². The van der Waals surface area contributed by atoms with E-state index in [0.29, 0.717) is 5.02 Å². The van der Waals surface area contributed by atoms with Crippen molar-refractivity contribution in [3.63, 3.8) is 0 Å². The molecular formula is C23H17ClN2. The molecule has 0 atom stereocenters. The Morgan fingerprint density at radius 2 is 1.69 bits per heavy atom. The largest absolute Gasteiger partial charge is 0.306 e. The first-order valence-electron chi connectivity index (χ1n) is 8.72. The highest BCUT2D eigenvalue weighted by Gasteiger charge is 2.15. The number of rotatable bonds is 2. The Balaban J connectivity index is 1.90. The van der Waals surface area contributed by atoms with Gasteiger partial charge in [0.1, 0.15) is 0 Å². The van der Waals surface area contributed by atoms with Crippen LogP contribution in [0.2, 0.25) is 5.02 Å². The van der Waals surface area contributed by atoms with Crippen molar-refractivity contribution in [2.45, 2.75) is 13.3 Å². The lowest BCUT2D eigenvalue weighted by molar-refractivity contribution is 1.20. The average molecular weight is 357 g/mol. The van der Waals surface area contributed by atoms with E-state index in [2.05, 4.69) is 70.9 Å². The molecule has 0 unspecified atom stereocenters. The molecule has 0 aliphatic heterocycles. The lowest BCUT2D eigenvalue weighted by Crippen LogP contribution is -1.92. The number of halogens is 1. The Morgan fingerprint density at radius 3 is 2.54 bits per heavy atom. The Kier molecular flexibility index (Phi) is 3.47. The van der Waals surface area contributed by atoms with Gasteiger partial charge >= 0.3 is 0 Å². The van der Waals surface area contributed by atoms with Gasteiger partial charge in [0.15, 0.2) is 0 Å². The van der Waals surface area contributed by atoms with Crippen molar-refractivity contribution in [1.29, 1.82) is 0 Å². The Bertz CT molecular complexity index is 1270. The van der Waals surface area contributed by atoms with E-state index in [1.807, 2.05) is 18.3 Å². The first-order chi connectivity index (χ1) is 12.7. The molecule has 0 bridgehead atoms. The molecule has 5 rings (SSSR count). The molecule has 0 N–H and O–H groups in total. The number of fused-ring (bicyclic) bond motifs is 5. The third-order valence-electron chi connectivity index (χ3n) is 5.00. The van der Waals surface area contributed by atoms with E-state index in [-0.39, 0.29) is 0 Å². The summed E-state index contributed by atoms with van der Waals surface area (Å²) in [4.78, 5) is 4.68. The van der Waals surface area contributed by atoms with Gasteiger partial charge < -0.3 is 4.40 Å². The molecule has 3 heteroatoms. The predicted molar refractivity (Wildman–Crippen MR) is 109 cm³/mol. The first-order valence-corrected chi connectivity index (χ1v) is 9.10. The minimum atomic E-state index is 0.709. The molecule has 0 aliphatic rings. The summed E-state index contributed by atoms with van der Waals surface area (Å²) in [5.41, 5.74) is 8.26. The van der Waals surface area contributed by atoms with E-state index in [1.165, 1.54) is 27.6 Å². The van der Waals surface area contributed by atoms with Crippen LogP contribution in [-0.4, -0.2) is 9.38 Å². The fourth-order valence-electron chi connectivity index (χ4n) is 3.79. The van der Waals surface area contributed by atoms with Crippen molar-refractivity contribution in [3.8, 4) is 0 Å². The van der Waals surface area contributed by atoms with Crippen LogP contribution in [0.15, 0.2) is 72.9 Å². The van der Waals surface area contributed by atoms with E-state index >= 15 is 0 Å². The van der Waals surface area contributed by atoms with Gasteiger partial charge in [-0.2, -0.15) is 0 Å². The molecule has 0 amide bonds. The quantitative estimate of drug-likeness (QED) is 0.368. The molecule has 5 aromatic rings. The second-order valence-corrected chi connectivity index (χ2v) is 7.21. The lowest BCUT2D eigenvalue weighted by Gasteiger charge is -2.05. The summed E-state index contributed by atoms with van der Waals surface area (Å²) in [6.07, 6.45) is 2.87. The van der Waals surface area contributed by atoms with E-state index < -0.39 is 0 Å². The fraction of sp³-hybridized carbons (Fsp3) is 0.0870. The summed E-state index contributed by atoms with van der Waals surface area (Å²) < 4.78 is 2.31. The van der Waals surface area contributed by atoms with E-state index in [4.69, 9.17) is 11.6 Å². The summed E-state index contributed by atoms with van der Waals surface area (Å²) in [5, 5.41) is 2.00. The standard InChI is InChI=1S/C23H17ClN2/c1-15-7-9-21-18(11-15)19(12-16-5-3-2-4-6-16)23-14-25-20-13-17(24)8-10-22(20)26(21)23/h2-11,13-14H,12H2,1H3. The molecule has 2 heterocycles. The summed E-state index contributed by atoms with van der Waals surface area (Å²) in [7, 11) is 0. The van der Waals surface area contributed by atoms with E-state index in [0.717, 1.165) is 23.0 Å². The highest BCUT2D eigenvalue weighted by molar-refractivity contribution is 6.31. The molecule has 26 heavy (non-hydrogen) atoms. The van der Waals surface area contributed by atoms with Crippen LogP contribution in [0.5, 0.6) is 0 Å². The Labute approximate surface area is 156 Å². The minimum Gasteiger partial charge on any atom is -0.306 e. The summed E-state index contributed by atoms with van der Waals surface area (Å²) >= 11 is 6.17. The number of aryl methyl sites for hydroxylation is 1. The molecule has 3 aromatic carbocycles. The highest BCUT2D eigenvalue weighted by Crippen LogP contribution is 2.32. The molecular weight excluding hydrogens is 340 g/mol. The smallest absolute Gasteiger partial charge is 0.0885 e. The van der Waals surface area contributed by atoms with Crippen molar-refractivity contribution in [2.24, 2.45) is 0 Å². The molecule has 2 aromatic heterocycles. The van der Waals surface area contributed by atoms with Crippen LogP contribution in [-0.2, 0) is 6.42 Å². The average Bonchev–Trinajstić information content (AvgIpc) is 2.95. The lowest BCUT2D eigenvalue weighted by atomic mass is 10.0. The number of benzene rings is 3. The van der Waals surface area contributed by atoms with Crippen molar-refractivity contribution in [1.82, 2.24) is 9.38 Å². The van der Waals surface area contributed by atoms with Crippen molar-refractivity contribution in [2.75, 3.05) is 0 Å². The minimum absolute atomic E-state index is 0.709. The molecule has 0 spiro atoms. The summed E-state index contributed by atoms with van der Waals surface area (Å²) in [5.74, 6) is 0. The molecule has 0 radical (unpaired) electrons. The van der Waals surface area contributed by atoms with E-state index in [9.17, 15) is 0 Å². The van der Waals surface area contributed by atoms with Gasteiger partial charge in [-0.25, -0.2) is 0 Å². The van der Waals surface area contributed by atoms with Crippen molar-refractivity contribution < 1.29 is 0 Å². The van der Waals surface area contributed by atoms with Gasteiger partial charge in [-0.3, -0.25) is 4.98 Å². The zero-order valence-corrected chi connectivity index (χ0v) is 15.2. The molecule has 0 saturated heterocycles. The van der Waals surface area contributed by atoms with Crippen LogP contribution in [0.4, 0.5) is 0 Å². The number of hydrogen-bond acceptors (Lipinski definition) is 1. The number of aromatic nitrogens is 2. The zero-order valence-electron chi connectivity index (χ0n) is 14.4.